The summed E-state index contributed by atoms with van der Waals surface area (Å²) in [7, 11) is -4.11. The highest BCUT2D eigenvalue weighted by Crippen LogP contribution is 2.35. The van der Waals surface area contributed by atoms with Crippen LogP contribution in [0.5, 0.6) is 0 Å². The molecular formula is C21H23Cl3N2O5S. The number of rotatable bonds is 7. The normalized spacial score (nSPS) is 17.3. The van der Waals surface area contributed by atoms with Crippen molar-refractivity contribution in [1.29, 1.82) is 0 Å². The van der Waals surface area contributed by atoms with Crippen LogP contribution in [0, 0.1) is 0 Å². The average Bonchev–Trinajstić information content (AvgIpc) is 3.24. The number of benzene rings is 2. The maximum Gasteiger partial charge on any atom is 0.410 e. The monoisotopic (exact) mass is 520 g/mol. The van der Waals surface area contributed by atoms with E-state index in [1.54, 1.807) is 13.0 Å². The van der Waals surface area contributed by atoms with E-state index in [1.807, 2.05) is 0 Å². The maximum atomic E-state index is 13.5. The van der Waals surface area contributed by atoms with Gasteiger partial charge in [0.05, 0.1) is 34.3 Å². The van der Waals surface area contributed by atoms with Gasteiger partial charge in [-0.3, -0.25) is 4.31 Å². The molecule has 1 aliphatic rings. The molecule has 2 aromatic rings. The average molecular weight is 522 g/mol. The minimum atomic E-state index is -4.11. The predicted molar refractivity (Wildman–Crippen MR) is 125 cm³/mol. The van der Waals surface area contributed by atoms with Crippen LogP contribution in [-0.4, -0.2) is 56.4 Å². The number of carbonyl (C=O) groups excluding carboxylic acids is 1. The van der Waals surface area contributed by atoms with Crippen molar-refractivity contribution >= 4 is 56.6 Å². The number of carbonyl (C=O) groups is 1. The van der Waals surface area contributed by atoms with E-state index in [-0.39, 0.29) is 34.9 Å². The second-order valence-electron chi connectivity index (χ2n) is 7.45. The van der Waals surface area contributed by atoms with Crippen LogP contribution >= 0.6 is 34.8 Å². The molecule has 1 N–H and O–H groups in total. The van der Waals surface area contributed by atoms with E-state index in [0.29, 0.717) is 23.0 Å². The summed E-state index contributed by atoms with van der Waals surface area (Å²) >= 11 is 18.4. The Morgan fingerprint density at radius 1 is 1.19 bits per heavy atom. The van der Waals surface area contributed by atoms with Crippen LogP contribution in [0.3, 0.4) is 0 Å². The zero-order valence-corrected chi connectivity index (χ0v) is 20.3. The molecule has 32 heavy (non-hydrogen) atoms. The fraction of sp³-hybridized carbons (Fsp3) is 0.381. The number of likely N-dealkylation sites (tertiary alicyclic amines) is 1. The third kappa shape index (κ3) is 5.43. The molecule has 1 saturated heterocycles. The smallest absolute Gasteiger partial charge is 0.410 e. The molecule has 0 aromatic heterocycles. The maximum absolute atomic E-state index is 13.5. The summed E-state index contributed by atoms with van der Waals surface area (Å²) in [6, 6.07) is 9.10. The van der Waals surface area contributed by atoms with Gasteiger partial charge in [0.1, 0.15) is 6.61 Å². The van der Waals surface area contributed by atoms with Crippen molar-refractivity contribution in [2.24, 2.45) is 0 Å². The van der Waals surface area contributed by atoms with Gasteiger partial charge in [0, 0.05) is 16.6 Å². The van der Waals surface area contributed by atoms with Crippen molar-refractivity contribution in [2.75, 3.05) is 24.1 Å². The zero-order valence-electron chi connectivity index (χ0n) is 17.2. The molecule has 1 aliphatic heterocycles. The topological polar surface area (TPSA) is 87.2 Å². The Bertz CT molecular complexity index is 1070. The summed E-state index contributed by atoms with van der Waals surface area (Å²) in [5.74, 6) is 0. The van der Waals surface area contributed by atoms with Crippen LogP contribution in [0.25, 0.3) is 0 Å². The lowest BCUT2D eigenvalue weighted by Gasteiger charge is -2.32. The first kappa shape index (κ1) is 24.9. The number of sulfonamides is 1. The number of amides is 1. The molecule has 174 valence electrons. The van der Waals surface area contributed by atoms with Gasteiger partial charge in [-0.25, -0.2) is 13.2 Å². The van der Waals surface area contributed by atoms with Gasteiger partial charge in [-0.05, 0) is 62.2 Å². The Morgan fingerprint density at radius 3 is 2.50 bits per heavy atom. The molecule has 7 nitrogen and oxygen atoms in total. The highest BCUT2D eigenvalue weighted by atomic mass is 35.5. The number of aliphatic hydroxyl groups is 1. The van der Waals surface area contributed by atoms with E-state index >= 15 is 0 Å². The van der Waals surface area contributed by atoms with E-state index in [1.165, 1.54) is 41.3 Å². The van der Waals surface area contributed by atoms with Gasteiger partial charge in [-0.15, -0.1) is 0 Å². The molecule has 2 aromatic carbocycles. The largest absolute Gasteiger partial charge is 0.447 e. The minimum Gasteiger partial charge on any atom is -0.447 e. The Balaban J connectivity index is 1.91. The fourth-order valence-corrected chi connectivity index (χ4v) is 5.79. The first-order chi connectivity index (χ1) is 15.1. The molecule has 1 fully saturated rings. The first-order valence-corrected chi connectivity index (χ1v) is 12.5. The SMILES string of the molecule is C[C@H](COC(=O)N1CCC[C@H]1CO)N(c1cc(Cl)ccc1Cl)S(=O)(=O)c1ccc(Cl)cc1. The molecule has 2 atom stereocenters. The van der Waals surface area contributed by atoms with Gasteiger partial charge in [0.25, 0.3) is 10.0 Å². The number of aliphatic hydroxyl groups excluding tert-OH is 1. The summed E-state index contributed by atoms with van der Waals surface area (Å²) in [6.07, 6.45) is 0.857. The molecule has 3 rings (SSSR count). The van der Waals surface area contributed by atoms with Crippen molar-refractivity contribution in [1.82, 2.24) is 4.90 Å². The molecule has 11 heteroatoms. The van der Waals surface area contributed by atoms with Crippen molar-refractivity contribution in [3.05, 3.63) is 57.5 Å². The summed E-state index contributed by atoms with van der Waals surface area (Å²) < 4.78 is 33.6. The van der Waals surface area contributed by atoms with Crippen molar-refractivity contribution in [2.45, 2.75) is 36.7 Å². The summed E-state index contributed by atoms with van der Waals surface area (Å²) in [5, 5.41) is 10.3. The van der Waals surface area contributed by atoms with E-state index in [9.17, 15) is 18.3 Å². The highest BCUT2D eigenvalue weighted by molar-refractivity contribution is 7.92. The Hall–Kier alpha value is -1.71. The minimum absolute atomic E-state index is 0.00370. The number of ether oxygens (including phenoxy) is 1. The van der Waals surface area contributed by atoms with E-state index in [2.05, 4.69) is 0 Å². The molecule has 0 saturated carbocycles. The lowest BCUT2D eigenvalue weighted by molar-refractivity contribution is 0.0818. The van der Waals surface area contributed by atoms with Crippen LogP contribution < -0.4 is 4.31 Å². The summed E-state index contributed by atoms with van der Waals surface area (Å²) in [5.41, 5.74) is 0.159. The quantitative estimate of drug-likeness (QED) is 0.564. The second-order valence-corrected chi connectivity index (χ2v) is 10.5. The third-order valence-electron chi connectivity index (χ3n) is 5.19. The fourth-order valence-electron chi connectivity index (χ4n) is 3.59. The van der Waals surface area contributed by atoms with Gasteiger partial charge in [-0.1, -0.05) is 34.8 Å². The van der Waals surface area contributed by atoms with E-state index in [0.717, 1.165) is 10.7 Å². The molecule has 0 radical (unpaired) electrons. The van der Waals surface area contributed by atoms with Gasteiger partial charge in [-0.2, -0.15) is 0 Å². The number of nitrogens with zero attached hydrogens (tertiary/aromatic N) is 2. The molecule has 0 spiro atoms. The van der Waals surface area contributed by atoms with Gasteiger partial charge >= 0.3 is 6.09 Å². The third-order valence-corrected chi connectivity index (χ3v) is 7.94. The van der Waals surface area contributed by atoms with Crippen molar-refractivity contribution in [3.8, 4) is 0 Å². The van der Waals surface area contributed by atoms with Crippen LogP contribution in [0.1, 0.15) is 19.8 Å². The van der Waals surface area contributed by atoms with E-state index < -0.39 is 22.2 Å². The molecule has 0 aliphatic carbocycles. The zero-order chi connectivity index (χ0) is 23.5. The van der Waals surface area contributed by atoms with Crippen LogP contribution in [0.15, 0.2) is 47.4 Å². The molecule has 1 amide bonds. The standard InChI is InChI=1S/C21H23Cl3N2O5S/c1-14(13-31-21(28)25-10-2-3-17(25)12-27)26(20-11-16(23)6-9-19(20)24)32(29,30)18-7-4-15(22)5-8-18/h4-9,11,14,17,27H,2-3,10,12-13H2,1H3/t14-,17+/m1/s1. The van der Waals surface area contributed by atoms with Gasteiger partial charge < -0.3 is 14.7 Å². The van der Waals surface area contributed by atoms with Gasteiger partial charge in [0.15, 0.2) is 0 Å². The van der Waals surface area contributed by atoms with Crippen molar-refractivity contribution < 1.29 is 23.1 Å². The van der Waals surface area contributed by atoms with Crippen LogP contribution in [-0.2, 0) is 14.8 Å². The predicted octanol–water partition coefficient (Wildman–Crippen LogP) is 4.82. The Labute approximate surface area is 202 Å². The van der Waals surface area contributed by atoms with Gasteiger partial charge in [0.2, 0.25) is 0 Å². The molecular weight excluding hydrogens is 499 g/mol. The molecule has 1 heterocycles. The highest BCUT2D eigenvalue weighted by Gasteiger charge is 2.34. The van der Waals surface area contributed by atoms with Crippen LogP contribution in [0.4, 0.5) is 10.5 Å². The molecule has 0 bridgehead atoms. The lowest BCUT2D eigenvalue weighted by atomic mass is 10.2. The second kappa shape index (κ2) is 10.5. The number of hydrogen-bond acceptors (Lipinski definition) is 5. The van der Waals surface area contributed by atoms with Crippen molar-refractivity contribution in [3.63, 3.8) is 0 Å². The summed E-state index contributed by atoms with van der Waals surface area (Å²) in [6.45, 7) is 1.69. The first-order valence-electron chi connectivity index (χ1n) is 9.94. The lowest BCUT2D eigenvalue weighted by Crippen LogP contribution is -2.44. The number of anilines is 1. The Kier molecular flexibility index (Phi) is 8.16. The van der Waals surface area contributed by atoms with E-state index in [4.69, 9.17) is 39.5 Å². The molecule has 0 unspecified atom stereocenters. The number of hydrogen-bond donors (Lipinski definition) is 1. The van der Waals surface area contributed by atoms with Crippen LogP contribution in [0.2, 0.25) is 15.1 Å². The number of halogens is 3. The summed E-state index contributed by atoms with van der Waals surface area (Å²) in [4.78, 5) is 14.0. The Morgan fingerprint density at radius 2 is 1.84 bits per heavy atom.